The van der Waals surface area contributed by atoms with E-state index >= 15 is 0 Å². The van der Waals surface area contributed by atoms with Crippen molar-refractivity contribution in [3.63, 3.8) is 0 Å². The van der Waals surface area contributed by atoms with Crippen molar-refractivity contribution in [3.05, 3.63) is 46.4 Å². The van der Waals surface area contributed by atoms with Crippen molar-refractivity contribution in [1.82, 2.24) is 10.3 Å². The number of hydrogen-bond acceptors (Lipinski definition) is 5. The molecule has 120 valence electrons. The lowest BCUT2D eigenvalue weighted by Gasteiger charge is -2.24. The Balaban J connectivity index is 1.99. The van der Waals surface area contributed by atoms with Gasteiger partial charge in [-0.25, -0.2) is 4.98 Å². The lowest BCUT2D eigenvalue weighted by Crippen LogP contribution is -2.35. The molecule has 0 unspecified atom stereocenters. The topological polar surface area (TPSA) is 54.4 Å². The highest BCUT2D eigenvalue weighted by molar-refractivity contribution is 7.09. The van der Waals surface area contributed by atoms with Crippen LogP contribution in [0.4, 0.5) is 0 Å². The fourth-order valence-electron chi connectivity index (χ4n) is 2.38. The Labute approximate surface area is 136 Å². The van der Waals surface area contributed by atoms with E-state index in [1.165, 1.54) is 16.9 Å². The molecule has 0 aliphatic rings. The number of methoxy groups -OCH3 is 1. The third-order valence-corrected chi connectivity index (χ3v) is 4.38. The summed E-state index contributed by atoms with van der Waals surface area (Å²) in [5, 5.41) is 16.7. The van der Waals surface area contributed by atoms with Gasteiger partial charge in [0.1, 0.15) is 16.9 Å². The molecule has 22 heavy (non-hydrogen) atoms. The van der Waals surface area contributed by atoms with Crippen LogP contribution in [0.1, 0.15) is 36.9 Å². The molecule has 2 atom stereocenters. The lowest BCUT2D eigenvalue weighted by atomic mass is 9.99. The third kappa shape index (κ3) is 4.80. The highest BCUT2D eigenvalue weighted by atomic mass is 32.1. The van der Waals surface area contributed by atoms with E-state index in [1.807, 2.05) is 29.6 Å². The van der Waals surface area contributed by atoms with E-state index < -0.39 is 6.10 Å². The molecule has 5 heteroatoms. The van der Waals surface area contributed by atoms with E-state index in [1.54, 1.807) is 13.3 Å². The number of nitrogens with zero attached hydrogens (tertiary/aromatic N) is 1. The summed E-state index contributed by atoms with van der Waals surface area (Å²) < 4.78 is 5.17. The van der Waals surface area contributed by atoms with Gasteiger partial charge >= 0.3 is 0 Å². The average molecular weight is 320 g/mol. The number of rotatable bonds is 8. The first-order valence-corrected chi connectivity index (χ1v) is 8.42. The van der Waals surface area contributed by atoms with E-state index in [0.717, 1.165) is 17.2 Å². The Bertz CT molecular complexity index is 540. The van der Waals surface area contributed by atoms with Crippen LogP contribution in [0.15, 0.2) is 35.8 Å². The molecule has 0 spiro atoms. The Morgan fingerprint density at radius 3 is 2.55 bits per heavy atom. The van der Waals surface area contributed by atoms with Crippen molar-refractivity contribution in [3.8, 4) is 5.75 Å². The van der Waals surface area contributed by atoms with Gasteiger partial charge < -0.3 is 15.2 Å². The number of hydrogen-bond donors (Lipinski definition) is 2. The molecule has 0 amide bonds. The molecule has 2 aromatic rings. The fourth-order valence-corrected chi connectivity index (χ4v) is 3.06. The summed E-state index contributed by atoms with van der Waals surface area (Å²) in [6.45, 7) is 5.04. The van der Waals surface area contributed by atoms with Crippen LogP contribution in [-0.4, -0.2) is 23.2 Å². The SMILES string of the molecule is COc1ccc(CN[C@@H](CC(C)C)[C@H](O)c2nccs2)cc1. The van der Waals surface area contributed by atoms with Crippen molar-refractivity contribution < 1.29 is 9.84 Å². The molecule has 0 saturated heterocycles. The smallest absolute Gasteiger partial charge is 0.123 e. The maximum Gasteiger partial charge on any atom is 0.123 e. The van der Waals surface area contributed by atoms with Gasteiger partial charge in [-0.3, -0.25) is 0 Å². The van der Waals surface area contributed by atoms with E-state index in [4.69, 9.17) is 4.74 Å². The van der Waals surface area contributed by atoms with Crippen molar-refractivity contribution in [2.75, 3.05) is 7.11 Å². The molecular weight excluding hydrogens is 296 g/mol. The Morgan fingerprint density at radius 1 is 1.27 bits per heavy atom. The molecule has 0 aliphatic heterocycles. The second-order valence-electron chi connectivity index (χ2n) is 5.78. The van der Waals surface area contributed by atoms with Gasteiger partial charge in [0, 0.05) is 24.2 Å². The predicted molar refractivity (Wildman–Crippen MR) is 90.2 cm³/mol. The van der Waals surface area contributed by atoms with Gasteiger partial charge in [-0.2, -0.15) is 0 Å². The minimum Gasteiger partial charge on any atom is -0.497 e. The van der Waals surface area contributed by atoms with Crippen LogP contribution < -0.4 is 10.1 Å². The minimum atomic E-state index is -0.569. The molecule has 2 rings (SSSR count). The lowest BCUT2D eigenvalue weighted by molar-refractivity contribution is 0.115. The van der Waals surface area contributed by atoms with Crippen molar-refractivity contribution >= 4 is 11.3 Å². The van der Waals surface area contributed by atoms with Gasteiger partial charge in [0.05, 0.1) is 7.11 Å². The number of thiazole rings is 1. The summed E-state index contributed by atoms with van der Waals surface area (Å²) in [6, 6.07) is 7.97. The van der Waals surface area contributed by atoms with Crippen molar-refractivity contribution in [1.29, 1.82) is 0 Å². The number of aliphatic hydroxyl groups excluding tert-OH is 1. The second-order valence-corrected chi connectivity index (χ2v) is 6.71. The molecule has 0 fully saturated rings. The molecule has 0 radical (unpaired) electrons. The quantitative estimate of drug-likeness (QED) is 0.783. The van der Waals surface area contributed by atoms with Crippen LogP contribution >= 0.6 is 11.3 Å². The maximum absolute atomic E-state index is 10.5. The van der Waals surface area contributed by atoms with Crippen molar-refractivity contribution in [2.24, 2.45) is 5.92 Å². The Kier molecular flexibility index (Phi) is 6.36. The van der Waals surface area contributed by atoms with E-state index in [0.29, 0.717) is 12.5 Å². The number of aliphatic hydroxyl groups is 1. The summed E-state index contributed by atoms with van der Waals surface area (Å²) in [7, 11) is 1.66. The van der Waals surface area contributed by atoms with Gasteiger partial charge in [-0.1, -0.05) is 26.0 Å². The summed E-state index contributed by atoms with van der Waals surface area (Å²) in [6.07, 6.45) is 2.07. The second kappa shape index (κ2) is 8.27. The normalized spacial score (nSPS) is 14.0. The molecule has 0 aliphatic carbocycles. The maximum atomic E-state index is 10.5. The molecular formula is C17H24N2O2S. The van der Waals surface area contributed by atoms with Crippen LogP contribution in [-0.2, 0) is 6.54 Å². The highest BCUT2D eigenvalue weighted by Crippen LogP contribution is 2.23. The zero-order valence-electron chi connectivity index (χ0n) is 13.3. The zero-order chi connectivity index (χ0) is 15.9. The Hall–Kier alpha value is -1.43. The average Bonchev–Trinajstić information content (AvgIpc) is 3.05. The van der Waals surface area contributed by atoms with E-state index in [-0.39, 0.29) is 6.04 Å². The molecule has 4 nitrogen and oxygen atoms in total. The molecule has 0 bridgehead atoms. The van der Waals surface area contributed by atoms with Crippen LogP contribution in [0.5, 0.6) is 5.75 Å². The number of aromatic nitrogens is 1. The first-order chi connectivity index (χ1) is 10.6. The molecule has 1 heterocycles. The van der Waals surface area contributed by atoms with Crippen LogP contribution in [0.25, 0.3) is 0 Å². The van der Waals surface area contributed by atoms with E-state index in [9.17, 15) is 5.11 Å². The van der Waals surface area contributed by atoms with E-state index in [2.05, 4.69) is 24.1 Å². The third-order valence-electron chi connectivity index (χ3n) is 3.54. The van der Waals surface area contributed by atoms with Gasteiger partial charge in [-0.05, 0) is 30.0 Å². The zero-order valence-corrected chi connectivity index (χ0v) is 14.1. The summed E-state index contributed by atoms with van der Waals surface area (Å²) in [4.78, 5) is 4.23. The largest absolute Gasteiger partial charge is 0.497 e. The fraction of sp³-hybridized carbons (Fsp3) is 0.471. The molecule has 2 N–H and O–H groups in total. The standard InChI is InChI=1S/C17H24N2O2S/c1-12(2)10-15(16(20)17-18-8-9-22-17)19-11-13-4-6-14(21-3)7-5-13/h4-9,12,15-16,19-20H,10-11H2,1-3H3/t15-,16-/m0/s1. The first kappa shape index (κ1) is 16.9. The van der Waals surface area contributed by atoms with Gasteiger partial charge in [0.15, 0.2) is 0 Å². The molecule has 1 aromatic carbocycles. The predicted octanol–water partition coefficient (Wildman–Crippen LogP) is 3.39. The van der Waals surface area contributed by atoms with Gasteiger partial charge in [0.25, 0.3) is 0 Å². The first-order valence-electron chi connectivity index (χ1n) is 7.54. The van der Waals surface area contributed by atoms with Crippen LogP contribution in [0.3, 0.4) is 0 Å². The minimum absolute atomic E-state index is 0.00625. The number of ether oxygens (including phenoxy) is 1. The van der Waals surface area contributed by atoms with Crippen LogP contribution in [0, 0.1) is 5.92 Å². The monoisotopic (exact) mass is 320 g/mol. The summed E-state index contributed by atoms with van der Waals surface area (Å²) >= 11 is 1.50. The molecule has 1 aromatic heterocycles. The number of benzene rings is 1. The van der Waals surface area contributed by atoms with Gasteiger partial charge in [0.2, 0.25) is 0 Å². The summed E-state index contributed by atoms with van der Waals surface area (Å²) in [5.74, 6) is 1.35. The molecule has 0 saturated carbocycles. The highest BCUT2D eigenvalue weighted by Gasteiger charge is 2.23. The summed E-state index contributed by atoms with van der Waals surface area (Å²) in [5.41, 5.74) is 1.17. The van der Waals surface area contributed by atoms with Crippen molar-refractivity contribution in [2.45, 2.75) is 39.0 Å². The van der Waals surface area contributed by atoms with Crippen LogP contribution in [0.2, 0.25) is 0 Å². The Morgan fingerprint density at radius 2 is 2.00 bits per heavy atom. The number of nitrogens with one attached hydrogen (secondary N) is 1. The van der Waals surface area contributed by atoms with Gasteiger partial charge in [-0.15, -0.1) is 11.3 Å².